The van der Waals surface area contributed by atoms with Gasteiger partial charge in [0, 0.05) is 25.4 Å². The van der Waals surface area contributed by atoms with E-state index in [-0.39, 0.29) is 11.1 Å². The monoisotopic (exact) mass is 252 g/mol. The Morgan fingerprint density at radius 1 is 1.50 bits per heavy atom. The molecule has 0 saturated heterocycles. The van der Waals surface area contributed by atoms with Crippen LogP contribution in [-0.4, -0.2) is 42.0 Å². The Balaban J connectivity index is 2.71. The van der Waals surface area contributed by atoms with Crippen molar-refractivity contribution in [1.82, 2.24) is 9.88 Å². The first-order chi connectivity index (χ1) is 8.32. The molecule has 0 fully saturated rings. The maximum absolute atomic E-state index is 10.8. The fourth-order valence-corrected chi connectivity index (χ4v) is 1.92. The number of hydrogen-bond acceptors (Lipinski definition) is 5. The molecule has 1 aromatic rings. The first-order valence-corrected chi connectivity index (χ1v) is 5.80. The summed E-state index contributed by atoms with van der Waals surface area (Å²) in [5.74, 6) is 0.328. The largest absolute Gasteiger partial charge is 0.364 e. The molecule has 1 aromatic heterocycles. The van der Waals surface area contributed by atoms with Gasteiger partial charge in [-0.3, -0.25) is 10.1 Å². The molecule has 0 aromatic carbocycles. The van der Waals surface area contributed by atoms with Crippen molar-refractivity contribution in [3.63, 3.8) is 0 Å². The van der Waals surface area contributed by atoms with Gasteiger partial charge in [0.2, 0.25) is 5.82 Å². The van der Waals surface area contributed by atoms with Crippen LogP contribution in [0.25, 0.3) is 0 Å². The molecule has 1 rings (SSSR count). The highest BCUT2D eigenvalue weighted by atomic mass is 16.6. The van der Waals surface area contributed by atoms with Crippen molar-refractivity contribution in [3.8, 4) is 0 Å². The van der Waals surface area contributed by atoms with E-state index in [4.69, 9.17) is 0 Å². The van der Waals surface area contributed by atoms with E-state index in [1.807, 2.05) is 14.1 Å². The Morgan fingerprint density at radius 2 is 2.17 bits per heavy atom. The minimum atomic E-state index is -0.422. The van der Waals surface area contributed by atoms with Crippen LogP contribution in [-0.2, 0) is 0 Å². The number of nitrogens with one attached hydrogen (secondary N) is 1. The van der Waals surface area contributed by atoms with Crippen molar-refractivity contribution >= 4 is 11.5 Å². The molecule has 18 heavy (non-hydrogen) atoms. The highest BCUT2D eigenvalue weighted by molar-refractivity contribution is 5.55. The van der Waals surface area contributed by atoms with Gasteiger partial charge in [-0.25, -0.2) is 4.98 Å². The van der Waals surface area contributed by atoms with Crippen LogP contribution >= 0.6 is 0 Å². The fourth-order valence-electron chi connectivity index (χ4n) is 1.92. The van der Waals surface area contributed by atoms with Crippen LogP contribution in [0.15, 0.2) is 18.3 Å². The molecule has 0 aliphatic rings. The van der Waals surface area contributed by atoms with Crippen LogP contribution in [0, 0.1) is 15.5 Å². The summed E-state index contributed by atoms with van der Waals surface area (Å²) in [6.45, 7) is 5.73. The molecule has 0 radical (unpaired) electrons. The lowest BCUT2D eigenvalue weighted by Crippen LogP contribution is -2.34. The summed E-state index contributed by atoms with van der Waals surface area (Å²) >= 11 is 0. The standard InChI is InChI=1S/C12H20N4O2/c1-12(2,9-15(3)4)8-14-11-10(16(17)18)6-5-7-13-11/h5-7H,8-9H2,1-4H3,(H,13,14). The van der Waals surface area contributed by atoms with Gasteiger partial charge in [0.15, 0.2) is 0 Å². The summed E-state index contributed by atoms with van der Waals surface area (Å²) < 4.78 is 0. The van der Waals surface area contributed by atoms with Crippen molar-refractivity contribution in [2.75, 3.05) is 32.5 Å². The Bertz CT molecular complexity index is 418. The van der Waals surface area contributed by atoms with E-state index in [0.717, 1.165) is 6.54 Å². The number of anilines is 1. The number of pyridine rings is 1. The first-order valence-electron chi connectivity index (χ1n) is 5.80. The molecule has 100 valence electrons. The number of hydrogen-bond donors (Lipinski definition) is 1. The van der Waals surface area contributed by atoms with Gasteiger partial charge in [-0.15, -0.1) is 0 Å². The lowest BCUT2D eigenvalue weighted by molar-refractivity contribution is -0.384. The first kappa shape index (κ1) is 14.4. The minimum absolute atomic E-state index is 0.00882. The number of rotatable bonds is 6. The summed E-state index contributed by atoms with van der Waals surface area (Å²) in [5.41, 5.74) is 0.0210. The molecule has 1 heterocycles. The summed E-state index contributed by atoms with van der Waals surface area (Å²) in [6.07, 6.45) is 1.55. The van der Waals surface area contributed by atoms with Crippen LogP contribution in [0.4, 0.5) is 11.5 Å². The molecule has 0 saturated carbocycles. The molecule has 0 aliphatic carbocycles. The summed E-state index contributed by atoms with van der Waals surface area (Å²) in [4.78, 5) is 16.5. The van der Waals surface area contributed by atoms with Crippen LogP contribution < -0.4 is 5.32 Å². The predicted molar refractivity (Wildman–Crippen MR) is 71.7 cm³/mol. The number of aromatic nitrogens is 1. The highest BCUT2D eigenvalue weighted by Crippen LogP contribution is 2.23. The molecule has 6 heteroatoms. The van der Waals surface area contributed by atoms with Crippen molar-refractivity contribution in [2.45, 2.75) is 13.8 Å². The van der Waals surface area contributed by atoms with Gasteiger partial charge in [0.1, 0.15) is 0 Å². The molecule has 0 atom stereocenters. The molecule has 0 aliphatic heterocycles. The summed E-state index contributed by atoms with van der Waals surface area (Å²) in [7, 11) is 4.01. The lowest BCUT2D eigenvalue weighted by atomic mass is 9.93. The van der Waals surface area contributed by atoms with Gasteiger partial charge in [0.25, 0.3) is 0 Å². The van der Waals surface area contributed by atoms with E-state index in [1.165, 1.54) is 6.07 Å². The van der Waals surface area contributed by atoms with Gasteiger partial charge in [0.05, 0.1) is 4.92 Å². The van der Waals surface area contributed by atoms with Gasteiger partial charge in [-0.1, -0.05) is 13.8 Å². The second-order valence-electron chi connectivity index (χ2n) is 5.38. The topological polar surface area (TPSA) is 71.3 Å². The van der Waals surface area contributed by atoms with Gasteiger partial charge >= 0.3 is 5.69 Å². The number of nitrogens with zero attached hydrogens (tertiary/aromatic N) is 3. The average Bonchev–Trinajstić information content (AvgIpc) is 2.25. The second-order valence-corrected chi connectivity index (χ2v) is 5.38. The predicted octanol–water partition coefficient (Wildman–Crippen LogP) is 1.99. The molecule has 0 unspecified atom stereocenters. The molecule has 0 amide bonds. The van der Waals surface area contributed by atoms with Gasteiger partial charge in [-0.2, -0.15) is 0 Å². The molecular formula is C12H20N4O2. The maximum atomic E-state index is 10.8. The Labute approximate surface area is 107 Å². The third-order valence-electron chi connectivity index (χ3n) is 2.46. The zero-order valence-electron chi connectivity index (χ0n) is 11.3. The molecule has 0 spiro atoms. The normalized spacial score (nSPS) is 11.6. The highest BCUT2D eigenvalue weighted by Gasteiger charge is 2.21. The third-order valence-corrected chi connectivity index (χ3v) is 2.46. The van der Waals surface area contributed by atoms with E-state index < -0.39 is 4.92 Å². The van der Waals surface area contributed by atoms with E-state index in [1.54, 1.807) is 12.3 Å². The van der Waals surface area contributed by atoms with Gasteiger partial charge < -0.3 is 10.2 Å². The second kappa shape index (κ2) is 5.77. The molecular weight excluding hydrogens is 232 g/mol. The van der Waals surface area contributed by atoms with Crippen LogP contribution in [0.1, 0.15) is 13.8 Å². The maximum Gasteiger partial charge on any atom is 0.311 e. The van der Waals surface area contributed by atoms with E-state index in [0.29, 0.717) is 12.4 Å². The Hall–Kier alpha value is -1.69. The lowest BCUT2D eigenvalue weighted by Gasteiger charge is -2.28. The van der Waals surface area contributed by atoms with E-state index >= 15 is 0 Å². The van der Waals surface area contributed by atoms with E-state index in [9.17, 15) is 10.1 Å². The van der Waals surface area contributed by atoms with Gasteiger partial charge in [-0.05, 0) is 25.6 Å². The Kier molecular flexibility index (Phi) is 4.61. The SMILES string of the molecule is CN(C)CC(C)(C)CNc1ncccc1[N+](=O)[O-]. The Morgan fingerprint density at radius 3 is 2.72 bits per heavy atom. The summed E-state index contributed by atoms with van der Waals surface area (Å²) in [6, 6.07) is 3.02. The average molecular weight is 252 g/mol. The smallest absolute Gasteiger partial charge is 0.311 e. The zero-order valence-corrected chi connectivity index (χ0v) is 11.3. The zero-order chi connectivity index (χ0) is 13.8. The summed E-state index contributed by atoms with van der Waals surface area (Å²) in [5, 5.41) is 13.9. The van der Waals surface area contributed by atoms with Crippen molar-refractivity contribution < 1.29 is 4.92 Å². The van der Waals surface area contributed by atoms with Crippen molar-refractivity contribution in [2.24, 2.45) is 5.41 Å². The van der Waals surface area contributed by atoms with Crippen molar-refractivity contribution in [3.05, 3.63) is 28.4 Å². The van der Waals surface area contributed by atoms with E-state index in [2.05, 4.69) is 29.0 Å². The van der Waals surface area contributed by atoms with Crippen molar-refractivity contribution in [1.29, 1.82) is 0 Å². The third kappa shape index (κ3) is 4.29. The quantitative estimate of drug-likeness (QED) is 0.619. The minimum Gasteiger partial charge on any atom is -0.364 e. The molecule has 6 nitrogen and oxygen atoms in total. The van der Waals surface area contributed by atoms with Crippen LogP contribution in [0.5, 0.6) is 0 Å². The van der Waals surface area contributed by atoms with Crippen LogP contribution in [0.3, 0.4) is 0 Å². The molecule has 0 bridgehead atoms. The number of nitro groups is 1. The molecule has 1 N–H and O–H groups in total. The van der Waals surface area contributed by atoms with Crippen LogP contribution in [0.2, 0.25) is 0 Å². The fraction of sp³-hybridized carbons (Fsp3) is 0.583.